The average molecular weight is 178 g/mol. The van der Waals surface area contributed by atoms with E-state index in [4.69, 9.17) is 4.55 Å². The van der Waals surface area contributed by atoms with E-state index in [1.54, 1.807) is 0 Å². The summed E-state index contributed by atoms with van der Waals surface area (Å²) in [7, 11) is -4.26. The van der Waals surface area contributed by atoms with Crippen molar-refractivity contribution in [2.75, 3.05) is 6.61 Å². The Hall–Kier alpha value is 1.25. The van der Waals surface area contributed by atoms with Gasteiger partial charge in [-0.3, -0.25) is 4.55 Å². The van der Waals surface area contributed by atoms with Crippen LogP contribution in [0.4, 0.5) is 0 Å². The molecule has 4 nitrogen and oxygen atoms in total. The van der Waals surface area contributed by atoms with Crippen molar-refractivity contribution in [3.05, 3.63) is 12.7 Å². The molecule has 9 heavy (non-hydrogen) atoms. The fourth-order valence-corrected chi connectivity index (χ4v) is 0.402. The van der Waals surface area contributed by atoms with Crippen LogP contribution in [-0.2, 0) is 14.6 Å². The van der Waals surface area contributed by atoms with Crippen LogP contribution >= 0.6 is 0 Å². The van der Waals surface area contributed by atoms with Crippen molar-refractivity contribution in [1.29, 1.82) is 0 Å². The fraction of sp³-hybridized carbons (Fsp3) is 0.333. The summed E-state index contributed by atoms with van der Waals surface area (Å²) in [6.45, 7) is 2.97. The first-order chi connectivity index (χ1) is 3.56. The Morgan fingerprint density at radius 1 is 1.67 bits per heavy atom. The fourth-order valence-electron chi connectivity index (χ4n) is 0.134. The Bertz CT molecular complexity index is 161. The van der Waals surface area contributed by atoms with Gasteiger partial charge in [0.2, 0.25) is 0 Å². The molecule has 0 heterocycles. The molecule has 0 spiro atoms. The molecule has 0 aromatic rings. The van der Waals surface area contributed by atoms with Crippen molar-refractivity contribution in [2.24, 2.45) is 0 Å². The molecule has 50 valence electrons. The van der Waals surface area contributed by atoms with Gasteiger partial charge in [-0.25, -0.2) is 4.18 Å². The normalized spacial score (nSPS) is 9.89. The molecule has 0 aliphatic carbocycles. The molecule has 0 atom stereocenters. The van der Waals surface area contributed by atoms with Crippen LogP contribution < -0.4 is 0 Å². The van der Waals surface area contributed by atoms with E-state index in [0.717, 1.165) is 0 Å². The Labute approximate surface area is 96.7 Å². The van der Waals surface area contributed by atoms with Crippen LogP contribution in [-0.4, -0.2) is 71.0 Å². The predicted octanol–water partition coefficient (Wildman–Crippen LogP) is -0.657. The van der Waals surface area contributed by atoms with E-state index in [1.165, 1.54) is 6.08 Å². The molecule has 6 heteroatoms. The minimum absolute atomic E-state index is 0. The van der Waals surface area contributed by atoms with Crippen LogP contribution in [0.15, 0.2) is 12.7 Å². The Morgan fingerprint density at radius 3 is 2.22 bits per heavy atom. The number of rotatable bonds is 3. The van der Waals surface area contributed by atoms with Gasteiger partial charge in [-0.05, 0) is 0 Å². The number of hydrogen-bond acceptors (Lipinski definition) is 3. The molecule has 0 unspecified atom stereocenters. The van der Waals surface area contributed by atoms with E-state index >= 15 is 0 Å². The molecular formula is C3H7KO4S. The summed E-state index contributed by atoms with van der Waals surface area (Å²) < 4.78 is 31.0. The third-order valence-electron chi connectivity index (χ3n) is 0.335. The maximum absolute atomic E-state index is 9.68. The molecule has 0 saturated carbocycles. The first kappa shape index (κ1) is 12.9. The Morgan fingerprint density at radius 2 is 2.11 bits per heavy atom. The summed E-state index contributed by atoms with van der Waals surface area (Å²) >= 11 is 0. The zero-order chi connectivity index (χ0) is 6.62. The summed E-state index contributed by atoms with van der Waals surface area (Å²) in [5.74, 6) is 0. The molecular weight excluding hydrogens is 171 g/mol. The van der Waals surface area contributed by atoms with Crippen molar-refractivity contribution >= 4 is 61.8 Å². The third kappa shape index (κ3) is 12.4. The second kappa shape index (κ2) is 5.99. The van der Waals surface area contributed by atoms with Gasteiger partial charge in [0.1, 0.15) is 0 Å². The molecule has 0 aliphatic rings. The van der Waals surface area contributed by atoms with Gasteiger partial charge in [-0.2, -0.15) is 8.42 Å². The summed E-state index contributed by atoms with van der Waals surface area (Å²) in [6.07, 6.45) is 1.22. The molecule has 0 aromatic heterocycles. The minimum atomic E-state index is -4.26. The van der Waals surface area contributed by atoms with E-state index in [0.29, 0.717) is 0 Å². The van der Waals surface area contributed by atoms with E-state index in [2.05, 4.69) is 10.8 Å². The van der Waals surface area contributed by atoms with Gasteiger partial charge in [0.15, 0.2) is 0 Å². The zero-order valence-electron chi connectivity index (χ0n) is 4.07. The van der Waals surface area contributed by atoms with Crippen molar-refractivity contribution < 1.29 is 17.2 Å². The summed E-state index contributed by atoms with van der Waals surface area (Å²) in [5, 5.41) is 0. The molecule has 0 fully saturated rings. The second-order valence-corrected chi connectivity index (χ2v) is 2.09. The summed E-state index contributed by atoms with van der Waals surface area (Å²) in [5.41, 5.74) is 0. The molecule has 1 N–H and O–H groups in total. The quantitative estimate of drug-likeness (QED) is 0.354. The van der Waals surface area contributed by atoms with Crippen LogP contribution in [0.2, 0.25) is 0 Å². The van der Waals surface area contributed by atoms with Gasteiger partial charge in [0.25, 0.3) is 0 Å². The monoisotopic (exact) mass is 178 g/mol. The summed E-state index contributed by atoms with van der Waals surface area (Å²) in [6, 6.07) is 0. The van der Waals surface area contributed by atoms with E-state index in [-0.39, 0.29) is 58.0 Å². The summed E-state index contributed by atoms with van der Waals surface area (Å²) in [4.78, 5) is 0. The van der Waals surface area contributed by atoms with Crippen LogP contribution in [0.3, 0.4) is 0 Å². The first-order valence-corrected chi connectivity index (χ1v) is 3.15. The Kier molecular flexibility index (Phi) is 8.57. The third-order valence-corrected chi connectivity index (χ3v) is 0.769. The standard InChI is InChI=1S/C3H6O4S.K.H/c1-2-3-7-8(4,5)6;;/h2H,1,3H2,(H,4,5,6);;. The van der Waals surface area contributed by atoms with Crippen molar-refractivity contribution in [2.45, 2.75) is 0 Å². The molecule has 0 radical (unpaired) electrons. The SMILES string of the molecule is C=CCOS(=O)(=O)O.[KH]. The van der Waals surface area contributed by atoms with Crippen molar-refractivity contribution in [1.82, 2.24) is 0 Å². The van der Waals surface area contributed by atoms with Gasteiger partial charge in [-0.15, -0.1) is 6.58 Å². The van der Waals surface area contributed by atoms with Crippen LogP contribution in [0.1, 0.15) is 0 Å². The topological polar surface area (TPSA) is 63.6 Å². The van der Waals surface area contributed by atoms with Gasteiger partial charge < -0.3 is 0 Å². The van der Waals surface area contributed by atoms with Gasteiger partial charge in [-0.1, -0.05) is 6.08 Å². The van der Waals surface area contributed by atoms with Crippen LogP contribution in [0.25, 0.3) is 0 Å². The maximum atomic E-state index is 9.68. The zero-order valence-corrected chi connectivity index (χ0v) is 4.89. The predicted molar refractivity (Wildman–Crippen MR) is 34.8 cm³/mol. The second-order valence-electron chi connectivity index (χ2n) is 1.00. The molecule has 0 aliphatic heterocycles. The van der Waals surface area contributed by atoms with E-state index < -0.39 is 10.4 Å². The van der Waals surface area contributed by atoms with E-state index in [9.17, 15) is 8.42 Å². The average Bonchev–Trinajstić information content (AvgIpc) is 1.59. The first-order valence-electron chi connectivity index (χ1n) is 1.79. The molecule has 0 amide bonds. The molecule has 0 saturated heterocycles. The van der Waals surface area contributed by atoms with Gasteiger partial charge >= 0.3 is 61.8 Å². The number of hydrogen-bond donors (Lipinski definition) is 1. The molecule has 0 bridgehead atoms. The Balaban J connectivity index is 0. The van der Waals surface area contributed by atoms with Crippen molar-refractivity contribution in [3.63, 3.8) is 0 Å². The van der Waals surface area contributed by atoms with Gasteiger partial charge in [0, 0.05) is 0 Å². The van der Waals surface area contributed by atoms with Crippen molar-refractivity contribution in [3.8, 4) is 0 Å². The molecule has 0 rings (SSSR count). The molecule has 0 aromatic carbocycles. The van der Waals surface area contributed by atoms with Crippen LogP contribution in [0, 0.1) is 0 Å². The van der Waals surface area contributed by atoms with E-state index in [1.807, 2.05) is 0 Å². The van der Waals surface area contributed by atoms with Gasteiger partial charge in [0.05, 0.1) is 6.61 Å². The van der Waals surface area contributed by atoms with Crippen LogP contribution in [0.5, 0.6) is 0 Å².